The molecule has 2 unspecified atom stereocenters. The molecule has 17 heavy (non-hydrogen) atoms. The van der Waals surface area contributed by atoms with Crippen molar-refractivity contribution < 1.29 is 5.11 Å². The quantitative estimate of drug-likeness (QED) is 0.726. The molecule has 0 amide bonds. The highest BCUT2D eigenvalue weighted by molar-refractivity contribution is 5.07. The Kier molecular flexibility index (Phi) is 6.27. The summed E-state index contributed by atoms with van der Waals surface area (Å²) in [4.78, 5) is 0. The van der Waals surface area contributed by atoms with Crippen molar-refractivity contribution in [2.45, 2.75) is 73.8 Å². The summed E-state index contributed by atoms with van der Waals surface area (Å²) in [5, 5.41) is 9.91. The largest absolute Gasteiger partial charge is 0.392 e. The van der Waals surface area contributed by atoms with Crippen LogP contribution in [0.4, 0.5) is 0 Å². The maximum atomic E-state index is 9.91. The molecule has 0 saturated carbocycles. The van der Waals surface area contributed by atoms with Gasteiger partial charge in [0.25, 0.3) is 0 Å². The zero-order chi connectivity index (χ0) is 13.7. The summed E-state index contributed by atoms with van der Waals surface area (Å²) in [5.74, 6) is 6.81. The third-order valence-electron chi connectivity index (χ3n) is 2.44. The Hall–Kier alpha value is -0.480. The monoisotopic (exact) mass is 238 g/mol. The van der Waals surface area contributed by atoms with Crippen molar-refractivity contribution in [1.82, 2.24) is 0 Å². The molecule has 0 fully saturated rings. The zero-order valence-corrected chi connectivity index (χ0v) is 12.7. The molecule has 1 heteroatoms. The minimum absolute atomic E-state index is 0.0384. The summed E-state index contributed by atoms with van der Waals surface area (Å²) in [6, 6.07) is 0. The van der Waals surface area contributed by atoms with E-state index in [4.69, 9.17) is 0 Å². The van der Waals surface area contributed by atoms with Crippen LogP contribution in [0.1, 0.15) is 67.7 Å². The smallest absolute Gasteiger partial charge is 0.0651 e. The number of rotatable bonds is 4. The van der Waals surface area contributed by atoms with Gasteiger partial charge in [-0.1, -0.05) is 33.6 Å². The number of hydrogen-bond acceptors (Lipinski definition) is 1. The molecule has 1 N–H and O–H groups in total. The molecule has 0 spiro atoms. The van der Waals surface area contributed by atoms with Crippen LogP contribution in [0.3, 0.4) is 0 Å². The van der Waals surface area contributed by atoms with Gasteiger partial charge in [0.2, 0.25) is 0 Å². The van der Waals surface area contributed by atoms with Gasteiger partial charge in [0, 0.05) is 11.8 Å². The van der Waals surface area contributed by atoms with E-state index < -0.39 is 0 Å². The molecule has 0 aliphatic rings. The van der Waals surface area contributed by atoms with Crippen molar-refractivity contribution in [2.24, 2.45) is 16.7 Å². The summed E-state index contributed by atoms with van der Waals surface area (Å²) in [6.45, 7) is 15.2. The van der Waals surface area contributed by atoms with E-state index in [0.29, 0.717) is 17.8 Å². The minimum Gasteiger partial charge on any atom is -0.392 e. The fraction of sp³-hybridized carbons (Fsp3) is 0.875. The molecule has 0 rings (SSSR count). The average Bonchev–Trinajstić information content (AvgIpc) is 1.96. The Morgan fingerprint density at radius 3 is 2.00 bits per heavy atom. The fourth-order valence-corrected chi connectivity index (χ4v) is 2.11. The molecule has 2 atom stereocenters. The molecule has 0 aliphatic heterocycles. The maximum Gasteiger partial charge on any atom is 0.0651 e. The van der Waals surface area contributed by atoms with Crippen LogP contribution in [-0.4, -0.2) is 11.2 Å². The number of aliphatic hydroxyl groups is 1. The first-order chi connectivity index (χ1) is 7.49. The van der Waals surface area contributed by atoms with Crippen LogP contribution in [-0.2, 0) is 0 Å². The Morgan fingerprint density at radius 1 is 1.06 bits per heavy atom. The second-order valence-corrected chi connectivity index (χ2v) is 7.52. The predicted octanol–water partition coefficient (Wildman–Crippen LogP) is 4.25. The van der Waals surface area contributed by atoms with E-state index in [2.05, 4.69) is 60.3 Å². The Bertz CT molecular complexity index is 267. The van der Waals surface area contributed by atoms with E-state index >= 15 is 0 Å². The molecule has 0 radical (unpaired) electrons. The van der Waals surface area contributed by atoms with E-state index in [1.54, 1.807) is 0 Å². The second kappa shape index (κ2) is 6.45. The Morgan fingerprint density at radius 2 is 1.59 bits per heavy atom. The Labute approximate surface area is 108 Å². The van der Waals surface area contributed by atoms with Crippen molar-refractivity contribution in [1.29, 1.82) is 0 Å². The summed E-state index contributed by atoms with van der Waals surface area (Å²) >= 11 is 0. The number of aliphatic hydroxyl groups excluding tert-OH is 1. The summed E-state index contributed by atoms with van der Waals surface area (Å²) in [7, 11) is 0. The van der Waals surface area contributed by atoms with Crippen LogP contribution in [0, 0.1) is 28.6 Å². The first-order valence-corrected chi connectivity index (χ1v) is 6.68. The first-order valence-electron chi connectivity index (χ1n) is 6.68. The lowest BCUT2D eigenvalue weighted by Gasteiger charge is -2.24. The third kappa shape index (κ3) is 11.8. The molecule has 0 aromatic heterocycles. The fourth-order valence-electron chi connectivity index (χ4n) is 2.11. The highest BCUT2D eigenvalue weighted by Crippen LogP contribution is 2.27. The SMILES string of the molecule is CC(CC(O)CC#CC(C)(C)C)CC(C)(C)C. The minimum atomic E-state index is -0.276. The van der Waals surface area contributed by atoms with Gasteiger partial charge in [-0.05, 0) is 44.9 Å². The molecule has 0 saturated heterocycles. The van der Waals surface area contributed by atoms with Crippen molar-refractivity contribution >= 4 is 0 Å². The summed E-state index contributed by atoms with van der Waals surface area (Å²) in [6.07, 6.45) is 2.33. The van der Waals surface area contributed by atoms with Crippen LogP contribution in [0.2, 0.25) is 0 Å². The van der Waals surface area contributed by atoms with Crippen LogP contribution < -0.4 is 0 Å². The first kappa shape index (κ1) is 16.5. The van der Waals surface area contributed by atoms with Crippen LogP contribution in [0.5, 0.6) is 0 Å². The Balaban J connectivity index is 4.01. The summed E-state index contributed by atoms with van der Waals surface area (Å²) in [5.41, 5.74) is 0.382. The normalized spacial score (nSPS) is 16.0. The van der Waals surface area contributed by atoms with Gasteiger partial charge in [0.15, 0.2) is 0 Å². The molecule has 100 valence electrons. The second-order valence-electron chi connectivity index (χ2n) is 7.52. The van der Waals surface area contributed by atoms with Crippen molar-refractivity contribution in [3.8, 4) is 11.8 Å². The average molecular weight is 238 g/mol. The number of hydrogen-bond donors (Lipinski definition) is 1. The van der Waals surface area contributed by atoms with Crippen molar-refractivity contribution in [3.05, 3.63) is 0 Å². The highest BCUT2D eigenvalue weighted by atomic mass is 16.3. The van der Waals surface area contributed by atoms with Gasteiger partial charge in [0.1, 0.15) is 0 Å². The topological polar surface area (TPSA) is 20.2 Å². The lowest BCUT2D eigenvalue weighted by atomic mass is 9.83. The molecular weight excluding hydrogens is 208 g/mol. The molecule has 0 bridgehead atoms. The summed E-state index contributed by atoms with van der Waals surface area (Å²) < 4.78 is 0. The van der Waals surface area contributed by atoms with Gasteiger partial charge in [0.05, 0.1) is 6.10 Å². The van der Waals surface area contributed by atoms with Gasteiger partial charge in [-0.3, -0.25) is 0 Å². The van der Waals surface area contributed by atoms with Crippen molar-refractivity contribution in [3.63, 3.8) is 0 Å². The predicted molar refractivity (Wildman–Crippen MR) is 75.7 cm³/mol. The van der Waals surface area contributed by atoms with Gasteiger partial charge >= 0.3 is 0 Å². The molecule has 1 nitrogen and oxygen atoms in total. The van der Waals surface area contributed by atoms with Crippen LogP contribution in [0.15, 0.2) is 0 Å². The maximum absolute atomic E-state index is 9.91. The lowest BCUT2D eigenvalue weighted by molar-refractivity contribution is 0.137. The molecule has 0 aliphatic carbocycles. The van der Waals surface area contributed by atoms with Crippen LogP contribution in [0.25, 0.3) is 0 Å². The van der Waals surface area contributed by atoms with E-state index in [0.717, 1.165) is 12.8 Å². The highest BCUT2D eigenvalue weighted by Gasteiger charge is 2.17. The van der Waals surface area contributed by atoms with Gasteiger partial charge in [-0.15, -0.1) is 5.92 Å². The van der Waals surface area contributed by atoms with Crippen molar-refractivity contribution in [2.75, 3.05) is 0 Å². The standard InChI is InChI=1S/C16H30O/c1-13(12-16(5,6)7)11-14(17)9-8-10-15(2,3)4/h13-14,17H,9,11-12H2,1-7H3. The zero-order valence-electron chi connectivity index (χ0n) is 12.7. The third-order valence-corrected chi connectivity index (χ3v) is 2.44. The lowest BCUT2D eigenvalue weighted by Crippen LogP contribution is -2.16. The molecular formula is C16H30O. The van der Waals surface area contributed by atoms with Gasteiger partial charge in [-0.25, -0.2) is 0 Å². The van der Waals surface area contributed by atoms with Crippen LogP contribution >= 0.6 is 0 Å². The van der Waals surface area contributed by atoms with Gasteiger partial charge < -0.3 is 5.11 Å². The van der Waals surface area contributed by atoms with E-state index in [1.165, 1.54) is 0 Å². The molecule has 0 heterocycles. The molecule has 0 aromatic rings. The van der Waals surface area contributed by atoms with E-state index in [1.807, 2.05) is 0 Å². The van der Waals surface area contributed by atoms with E-state index in [-0.39, 0.29) is 11.5 Å². The van der Waals surface area contributed by atoms with E-state index in [9.17, 15) is 5.11 Å². The van der Waals surface area contributed by atoms with Gasteiger partial charge in [-0.2, -0.15) is 0 Å². The molecule has 0 aromatic carbocycles.